The Morgan fingerprint density at radius 1 is 1.10 bits per heavy atom. The molecule has 4 nitrogen and oxygen atoms in total. The lowest BCUT2D eigenvalue weighted by Crippen LogP contribution is -2.01. The highest BCUT2D eigenvalue weighted by Crippen LogP contribution is 2.32. The predicted octanol–water partition coefficient (Wildman–Crippen LogP) is 3.12. The van der Waals surface area contributed by atoms with Crippen LogP contribution in [0, 0.1) is 0 Å². The summed E-state index contributed by atoms with van der Waals surface area (Å²) < 4.78 is 6.71. The summed E-state index contributed by atoms with van der Waals surface area (Å²) in [6, 6.07) is 14.3. The maximum atomic E-state index is 12.7. The molecule has 1 heterocycles. The van der Waals surface area contributed by atoms with Crippen molar-refractivity contribution in [2.45, 2.75) is 0 Å². The van der Waals surface area contributed by atoms with Crippen LogP contribution in [0.15, 0.2) is 48.5 Å². The molecule has 0 saturated heterocycles. The molecule has 106 valence electrons. The zero-order valence-corrected chi connectivity index (χ0v) is 11.8. The number of carbonyl (C=O) groups excluding carboxylic acids is 1. The third-order valence-corrected chi connectivity index (χ3v) is 3.66. The van der Waals surface area contributed by atoms with Crippen LogP contribution in [0.1, 0.15) is 15.9 Å². The summed E-state index contributed by atoms with van der Waals surface area (Å²) in [5, 5.41) is 11.0. The predicted molar refractivity (Wildman–Crippen MR) is 81.0 cm³/mol. The van der Waals surface area contributed by atoms with E-state index in [1.54, 1.807) is 43.0 Å². The summed E-state index contributed by atoms with van der Waals surface area (Å²) in [5.41, 5.74) is 1.67. The molecule has 0 bridgehead atoms. The molecule has 0 saturated carbocycles. The van der Waals surface area contributed by atoms with Crippen LogP contribution >= 0.6 is 0 Å². The molecule has 2 aromatic carbocycles. The van der Waals surface area contributed by atoms with E-state index in [1.807, 2.05) is 24.3 Å². The minimum absolute atomic E-state index is 0.0166. The number of para-hydroxylation sites is 1. The van der Waals surface area contributed by atoms with E-state index in [-0.39, 0.29) is 11.7 Å². The Morgan fingerprint density at radius 2 is 1.76 bits per heavy atom. The summed E-state index contributed by atoms with van der Waals surface area (Å²) in [6.45, 7) is 0. The number of ketones is 1. The van der Waals surface area contributed by atoms with Crippen LogP contribution in [0.25, 0.3) is 10.9 Å². The second-order valence-corrected chi connectivity index (χ2v) is 4.83. The van der Waals surface area contributed by atoms with Gasteiger partial charge in [0.2, 0.25) is 5.88 Å². The van der Waals surface area contributed by atoms with Gasteiger partial charge < -0.3 is 14.4 Å². The molecule has 0 atom stereocenters. The van der Waals surface area contributed by atoms with E-state index in [4.69, 9.17) is 4.74 Å². The monoisotopic (exact) mass is 281 g/mol. The van der Waals surface area contributed by atoms with Crippen LogP contribution in [0.4, 0.5) is 0 Å². The number of rotatable bonds is 3. The van der Waals surface area contributed by atoms with E-state index in [0.29, 0.717) is 16.9 Å². The highest BCUT2D eigenvalue weighted by Gasteiger charge is 2.21. The molecule has 21 heavy (non-hydrogen) atoms. The number of carbonyl (C=O) groups is 1. The van der Waals surface area contributed by atoms with Crippen molar-refractivity contribution in [1.29, 1.82) is 0 Å². The third kappa shape index (κ3) is 2.05. The number of benzene rings is 2. The van der Waals surface area contributed by atoms with Crippen molar-refractivity contribution >= 4 is 16.7 Å². The zero-order chi connectivity index (χ0) is 15.0. The lowest BCUT2D eigenvalue weighted by Gasteiger charge is -2.03. The van der Waals surface area contributed by atoms with Gasteiger partial charge in [0.15, 0.2) is 5.78 Å². The molecule has 0 aliphatic rings. The first kappa shape index (κ1) is 13.2. The van der Waals surface area contributed by atoms with Gasteiger partial charge in [-0.2, -0.15) is 0 Å². The molecule has 0 aliphatic heterocycles. The van der Waals surface area contributed by atoms with Crippen LogP contribution in [0.2, 0.25) is 0 Å². The topological polar surface area (TPSA) is 51.5 Å². The number of aromatic nitrogens is 1. The van der Waals surface area contributed by atoms with Crippen molar-refractivity contribution < 1.29 is 14.6 Å². The molecular formula is C17H15NO3. The number of hydrogen-bond acceptors (Lipinski definition) is 3. The van der Waals surface area contributed by atoms with Crippen LogP contribution in [-0.4, -0.2) is 22.6 Å². The van der Waals surface area contributed by atoms with Gasteiger partial charge in [0.1, 0.15) is 5.75 Å². The van der Waals surface area contributed by atoms with Gasteiger partial charge in [-0.1, -0.05) is 18.2 Å². The molecule has 0 fully saturated rings. The molecular weight excluding hydrogens is 266 g/mol. The van der Waals surface area contributed by atoms with E-state index in [9.17, 15) is 9.90 Å². The van der Waals surface area contributed by atoms with Crippen molar-refractivity contribution in [2.24, 2.45) is 7.05 Å². The summed E-state index contributed by atoms with van der Waals surface area (Å²) >= 11 is 0. The number of ether oxygens (including phenoxy) is 1. The van der Waals surface area contributed by atoms with Crippen molar-refractivity contribution in [1.82, 2.24) is 4.57 Å². The Morgan fingerprint density at radius 3 is 2.43 bits per heavy atom. The molecule has 0 aliphatic carbocycles. The van der Waals surface area contributed by atoms with E-state index in [0.717, 1.165) is 10.9 Å². The molecule has 0 unspecified atom stereocenters. The van der Waals surface area contributed by atoms with Gasteiger partial charge in [-0.05, 0) is 30.3 Å². The van der Waals surface area contributed by atoms with Crippen LogP contribution in [0.3, 0.4) is 0 Å². The fourth-order valence-corrected chi connectivity index (χ4v) is 2.49. The molecule has 0 radical (unpaired) electrons. The van der Waals surface area contributed by atoms with E-state index >= 15 is 0 Å². The molecule has 1 N–H and O–H groups in total. The first-order valence-electron chi connectivity index (χ1n) is 6.58. The highest BCUT2D eigenvalue weighted by atomic mass is 16.5. The summed E-state index contributed by atoms with van der Waals surface area (Å²) in [7, 11) is 3.32. The maximum absolute atomic E-state index is 12.7. The third-order valence-electron chi connectivity index (χ3n) is 3.66. The Bertz CT molecular complexity index is 816. The maximum Gasteiger partial charge on any atom is 0.203 e. The normalized spacial score (nSPS) is 10.8. The first-order chi connectivity index (χ1) is 10.1. The van der Waals surface area contributed by atoms with Crippen molar-refractivity contribution in [3.8, 4) is 11.6 Å². The van der Waals surface area contributed by atoms with E-state index < -0.39 is 0 Å². The highest BCUT2D eigenvalue weighted by molar-refractivity contribution is 6.18. The Hall–Kier alpha value is -2.75. The largest absolute Gasteiger partial charge is 0.497 e. The van der Waals surface area contributed by atoms with Gasteiger partial charge in [-0.25, -0.2) is 0 Å². The molecule has 1 aromatic heterocycles. The van der Waals surface area contributed by atoms with Gasteiger partial charge in [0.25, 0.3) is 0 Å². The number of fused-ring (bicyclic) bond motifs is 1. The van der Waals surface area contributed by atoms with E-state index in [2.05, 4.69) is 0 Å². The summed E-state index contributed by atoms with van der Waals surface area (Å²) in [4.78, 5) is 12.7. The van der Waals surface area contributed by atoms with Gasteiger partial charge in [-0.3, -0.25) is 4.79 Å². The standard InChI is InChI=1S/C17H15NO3/c1-18-14-6-4-3-5-13(14)15(17(18)20)16(19)11-7-9-12(21-2)10-8-11/h3-10,20H,1-2H3. The summed E-state index contributed by atoms with van der Waals surface area (Å²) in [6.07, 6.45) is 0. The molecule has 0 amide bonds. The molecule has 3 aromatic rings. The van der Waals surface area contributed by atoms with E-state index in [1.165, 1.54) is 0 Å². The second kappa shape index (κ2) is 4.98. The van der Waals surface area contributed by atoms with Gasteiger partial charge in [0.05, 0.1) is 18.2 Å². The SMILES string of the molecule is COc1ccc(C(=O)c2c(O)n(C)c3ccccc23)cc1. The lowest BCUT2D eigenvalue weighted by atomic mass is 10.0. The number of aryl methyl sites for hydroxylation is 1. The smallest absolute Gasteiger partial charge is 0.203 e. The number of aromatic hydroxyl groups is 1. The van der Waals surface area contributed by atoms with Crippen molar-refractivity contribution in [3.63, 3.8) is 0 Å². The first-order valence-corrected chi connectivity index (χ1v) is 6.58. The summed E-state index contributed by atoms with van der Waals surface area (Å²) in [5.74, 6) is 0.470. The molecule has 0 spiro atoms. The second-order valence-electron chi connectivity index (χ2n) is 4.83. The number of methoxy groups -OCH3 is 1. The van der Waals surface area contributed by atoms with Gasteiger partial charge in [-0.15, -0.1) is 0 Å². The molecule has 3 rings (SSSR count). The van der Waals surface area contributed by atoms with Gasteiger partial charge in [0, 0.05) is 18.0 Å². The van der Waals surface area contributed by atoms with Crippen molar-refractivity contribution in [2.75, 3.05) is 7.11 Å². The Kier molecular flexibility index (Phi) is 3.14. The fraction of sp³-hybridized carbons (Fsp3) is 0.118. The average Bonchev–Trinajstić information content (AvgIpc) is 2.79. The molecule has 4 heteroatoms. The Labute approximate surface area is 122 Å². The quantitative estimate of drug-likeness (QED) is 0.750. The van der Waals surface area contributed by atoms with Crippen molar-refractivity contribution in [3.05, 3.63) is 59.7 Å². The van der Waals surface area contributed by atoms with Crippen LogP contribution in [0.5, 0.6) is 11.6 Å². The van der Waals surface area contributed by atoms with Crippen LogP contribution in [-0.2, 0) is 7.05 Å². The zero-order valence-electron chi connectivity index (χ0n) is 11.8. The minimum Gasteiger partial charge on any atom is -0.497 e. The number of hydrogen-bond donors (Lipinski definition) is 1. The average molecular weight is 281 g/mol. The van der Waals surface area contributed by atoms with Crippen LogP contribution < -0.4 is 4.74 Å². The fourth-order valence-electron chi connectivity index (χ4n) is 2.49. The van der Waals surface area contributed by atoms with Gasteiger partial charge >= 0.3 is 0 Å². The lowest BCUT2D eigenvalue weighted by molar-refractivity contribution is 0.103. The Balaban J connectivity index is 2.15. The minimum atomic E-state index is -0.202. The number of nitrogens with zero attached hydrogens (tertiary/aromatic N) is 1.